The predicted molar refractivity (Wildman–Crippen MR) is 63.9 cm³/mol. The summed E-state index contributed by atoms with van der Waals surface area (Å²) in [4.78, 5) is 0. The molecule has 1 aliphatic rings. The molecule has 2 unspecified atom stereocenters. The second-order valence-electron chi connectivity index (χ2n) is 5.23. The van der Waals surface area contributed by atoms with Gasteiger partial charge in [0.1, 0.15) is 5.76 Å². The summed E-state index contributed by atoms with van der Waals surface area (Å²) in [7, 11) is 0. The normalized spacial score (nSPS) is 26.2. The molecule has 0 saturated heterocycles. The van der Waals surface area contributed by atoms with E-state index in [4.69, 9.17) is 4.52 Å². The molecule has 16 heavy (non-hydrogen) atoms. The van der Waals surface area contributed by atoms with Crippen LogP contribution in [0.4, 0.5) is 0 Å². The van der Waals surface area contributed by atoms with Gasteiger partial charge in [0, 0.05) is 12.1 Å². The Kier molecular flexibility index (Phi) is 3.99. The summed E-state index contributed by atoms with van der Waals surface area (Å²) >= 11 is 0. The number of nitrogens with one attached hydrogen (secondary N) is 1. The van der Waals surface area contributed by atoms with Crippen LogP contribution in [0.15, 0.2) is 16.8 Å². The average Bonchev–Trinajstić information content (AvgIpc) is 2.79. The first-order valence-corrected chi connectivity index (χ1v) is 6.38. The van der Waals surface area contributed by atoms with Gasteiger partial charge in [-0.1, -0.05) is 31.8 Å². The second-order valence-corrected chi connectivity index (χ2v) is 5.23. The summed E-state index contributed by atoms with van der Waals surface area (Å²) < 4.78 is 5.09. The number of nitrogens with zero attached hydrogens (tertiary/aromatic N) is 1. The predicted octanol–water partition coefficient (Wildman–Crippen LogP) is 2.98. The highest BCUT2D eigenvalue weighted by Gasteiger charge is 2.23. The monoisotopic (exact) mass is 222 g/mol. The van der Waals surface area contributed by atoms with E-state index in [1.54, 1.807) is 6.20 Å². The Bertz CT molecular complexity index is 295. The molecule has 1 saturated carbocycles. The summed E-state index contributed by atoms with van der Waals surface area (Å²) in [5.41, 5.74) is 0. The molecule has 1 aromatic rings. The molecule has 1 aromatic heterocycles. The van der Waals surface area contributed by atoms with Crippen molar-refractivity contribution in [2.24, 2.45) is 11.8 Å². The standard InChI is InChI=1S/C13H22N2O/c1-10(2)11-4-3-5-12(8-11)14-9-13-6-7-15-16-13/h6-7,10-12,14H,3-5,8-9H2,1-2H3. The molecule has 0 spiro atoms. The van der Waals surface area contributed by atoms with Crippen molar-refractivity contribution in [3.8, 4) is 0 Å². The lowest BCUT2D eigenvalue weighted by Gasteiger charge is -2.32. The zero-order valence-corrected chi connectivity index (χ0v) is 10.3. The highest BCUT2D eigenvalue weighted by molar-refractivity contribution is 4.93. The van der Waals surface area contributed by atoms with E-state index in [9.17, 15) is 0 Å². The Hall–Kier alpha value is -0.830. The van der Waals surface area contributed by atoms with Crippen LogP contribution in [0.25, 0.3) is 0 Å². The quantitative estimate of drug-likeness (QED) is 0.851. The lowest BCUT2D eigenvalue weighted by atomic mass is 9.79. The van der Waals surface area contributed by atoms with Crippen LogP contribution in [0.5, 0.6) is 0 Å². The van der Waals surface area contributed by atoms with Crippen LogP contribution < -0.4 is 5.32 Å². The van der Waals surface area contributed by atoms with E-state index in [2.05, 4.69) is 24.3 Å². The molecule has 0 bridgehead atoms. The third kappa shape index (κ3) is 3.08. The molecular formula is C13H22N2O. The average molecular weight is 222 g/mol. The van der Waals surface area contributed by atoms with Crippen molar-refractivity contribution in [1.29, 1.82) is 0 Å². The van der Waals surface area contributed by atoms with Gasteiger partial charge in [-0.05, 0) is 24.7 Å². The zero-order valence-electron chi connectivity index (χ0n) is 10.3. The Labute approximate surface area is 97.6 Å². The zero-order chi connectivity index (χ0) is 11.4. The van der Waals surface area contributed by atoms with Crippen LogP contribution in [-0.4, -0.2) is 11.2 Å². The van der Waals surface area contributed by atoms with Crippen LogP contribution in [0, 0.1) is 11.8 Å². The van der Waals surface area contributed by atoms with Crippen molar-refractivity contribution in [3.63, 3.8) is 0 Å². The maximum Gasteiger partial charge on any atom is 0.150 e. The smallest absolute Gasteiger partial charge is 0.150 e. The van der Waals surface area contributed by atoms with E-state index < -0.39 is 0 Å². The Balaban J connectivity index is 1.77. The molecule has 3 nitrogen and oxygen atoms in total. The largest absolute Gasteiger partial charge is 0.360 e. The molecule has 0 aromatic carbocycles. The number of aromatic nitrogens is 1. The van der Waals surface area contributed by atoms with Gasteiger partial charge in [-0.3, -0.25) is 0 Å². The number of hydrogen-bond acceptors (Lipinski definition) is 3. The first-order valence-electron chi connectivity index (χ1n) is 6.38. The highest BCUT2D eigenvalue weighted by atomic mass is 16.5. The SMILES string of the molecule is CC(C)C1CCCC(NCc2ccno2)C1. The van der Waals surface area contributed by atoms with Gasteiger partial charge in [-0.25, -0.2) is 0 Å². The second kappa shape index (κ2) is 5.48. The minimum atomic E-state index is 0.659. The van der Waals surface area contributed by atoms with E-state index >= 15 is 0 Å². The lowest BCUT2D eigenvalue weighted by Crippen LogP contribution is -2.35. The van der Waals surface area contributed by atoms with Crippen molar-refractivity contribution < 1.29 is 4.52 Å². The third-order valence-electron chi connectivity index (χ3n) is 3.71. The van der Waals surface area contributed by atoms with Crippen molar-refractivity contribution in [3.05, 3.63) is 18.0 Å². The molecule has 2 atom stereocenters. The molecule has 0 radical (unpaired) electrons. The molecule has 1 aliphatic carbocycles. The van der Waals surface area contributed by atoms with Crippen molar-refractivity contribution in [2.45, 2.75) is 52.1 Å². The first kappa shape index (κ1) is 11.6. The minimum absolute atomic E-state index is 0.659. The van der Waals surface area contributed by atoms with Gasteiger partial charge >= 0.3 is 0 Å². The van der Waals surface area contributed by atoms with Crippen molar-refractivity contribution in [2.75, 3.05) is 0 Å². The maximum atomic E-state index is 5.09. The topological polar surface area (TPSA) is 38.1 Å². The number of hydrogen-bond donors (Lipinski definition) is 1. The van der Waals surface area contributed by atoms with Gasteiger partial charge in [0.15, 0.2) is 0 Å². The fourth-order valence-corrected chi connectivity index (χ4v) is 2.60. The Morgan fingerprint density at radius 3 is 3.06 bits per heavy atom. The van der Waals surface area contributed by atoms with Gasteiger partial charge in [0.25, 0.3) is 0 Å². The molecule has 1 fully saturated rings. The Morgan fingerprint density at radius 2 is 2.38 bits per heavy atom. The van der Waals surface area contributed by atoms with Crippen LogP contribution in [-0.2, 0) is 6.54 Å². The fraction of sp³-hybridized carbons (Fsp3) is 0.769. The fourth-order valence-electron chi connectivity index (χ4n) is 2.60. The van der Waals surface area contributed by atoms with E-state index in [0.717, 1.165) is 24.1 Å². The summed E-state index contributed by atoms with van der Waals surface area (Å²) in [5, 5.41) is 7.29. The van der Waals surface area contributed by atoms with Crippen LogP contribution in [0.3, 0.4) is 0 Å². The highest BCUT2D eigenvalue weighted by Crippen LogP contribution is 2.29. The molecular weight excluding hydrogens is 200 g/mol. The van der Waals surface area contributed by atoms with Gasteiger partial charge in [0.05, 0.1) is 12.7 Å². The van der Waals surface area contributed by atoms with Crippen LogP contribution in [0.1, 0.15) is 45.3 Å². The lowest BCUT2D eigenvalue weighted by molar-refractivity contribution is 0.226. The van der Waals surface area contributed by atoms with Crippen molar-refractivity contribution >= 4 is 0 Å². The van der Waals surface area contributed by atoms with E-state index in [-0.39, 0.29) is 0 Å². The van der Waals surface area contributed by atoms with Gasteiger partial charge < -0.3 is 9.84 Å². The first-order chi connectivity index (χ1) is 7.75. The molecule has 2 rings (SSSR count). The van der Waals surface area contributed by atoms with Crippen molar-refractivity contribution in [1.82, 2.24) is 10.5 Å². The van der Waals surface area contributed by atoms with E-state index in [0.29, 0.717) is 6.04 Å². The molecule has 0 amide bonds. The number of rotatable bonds is 4. The Morgan fingerprint density at radius 1 is 1.50 bits per heavy atom. The van der Waals surface area contributed by atoms with Gasteiger partial charge in [0.2, 0.25) is 0 Å². The van der Waals surface area contributed by atoms with Gasteiger partial charge in [-0.15, -0.1) is 0 Å². The molecule has 1 N–H and O–H groups in total. The van der Waals surface area contributed by atoms with Gasteiger partial charge in [-0.2, -0.15) is 0 Å². The van der Waals surface area contributed by atoms with E-state index in [1.165, 1.54) is 25.7 Å². The van der Waals surface area contributed by atoms with E-state index in [1.807, 2.05) is 6.07 Å². The minimum Gasteiger partial charge on any atom is -0.360 e. The summed E-state index contributed by atoms with van der Waals surface area (Å²) in [6.45, 7) is 5.49. The summed E-state index contributed by atoms with van der Waals surface area (Å²) in [6.07, 6.45) is 7.08. The molecule has 0 aliphatic heterocycles. The summed E-state index contributed by atoms with van der Waals surface area (Å²) in [5.74, 6) is 2.64. The van der Waals surface area contributed by atoms with Crippen LogP contribution in [0.2, 0.25) is 0 Å². The molecule has 90 valence electrons. The molecule has 1 heterocycles. The third-order valence-corrected chi connectivity index (χ3v) is 3.71. The maximum absolute atomic E-state index is 5.09. The van der Waals surface area contributed by atoms with Crippen LogP contribution >= 0.6 is 0 Å². The molecule has 3 heteroatoms. The summed E-state index contributed by atoms with van der Waals surface area (Å²) in [6, 6.07) is 2.58.